The molecule has 1 aliphatic heterocycles. The van der Waals surface area contributed by atoms with Crippen LogP contribution in [0.4, 0.5) is 0 Å². The highest BCUT2D eigenvalue weighted by atomic mass is 16.6. The molecule has 2 aliphatic rings. The van der Waals surface area contributed by atoms with E-state index in [0.29, 0.717) is 11.1 Å². The molecule has 38 heavy (non-hydrogen) atoms. The SMILES string of the molecule is CC(C)(C)OC(=O)[C@@]1(Cc2ccccc2)O[C@@H](c2ccccc2)[C@H]2[C@H](C(=O)n3c(=O)oc4ccccc43)[C@H]21. The third-order valence-electron chi connectivity index (χ3n) is 7.47. The summed E-state index contributed by atoms with van der Waals surface area (Å²) < 4.78 is 19.1. The zero-order chi connectivity index (χ0) is 26.7. The summed E-state index contributed by atoms with van der Waals surface area (Å²) in [4.78, 5) is 40.8. The summed E-state index contributed by atoms with van der Waals surface area (Å²) >= 11 is 0. The number of para-hydroxylation sites is 2. The van der Waals surface area contributed by atoms with Gasteiger partial charge in [0.05, 0.1) is 17.5 Å². The molecule has 0 bridgehead atoms. The van der Waals surface area contributed by atoms with E-state index in [9.17, 15) is 14.4 Å². The maximum atomic E-state index is 14.0. The monoisotopic (exact) mass is 511 g/mol. The molecule has 7 heteroatoms. The van der Waals surface area contributed by atoms with Crippen LogP contribution in [0.5, 0.6) is 0 Å². The Kier molecular flexibility index (Phi) is 5.65. The molecule has 1 saturated heterocycles. The Morgan fingerprint density at radius 2 is 1.55 bits per heavy atom. The van der Waals surface area contributed by atoms with Crippen molar-refractivity contribution in [1.29, 1.82) is 0 Å². The van der Waals surface area contributed by atoms with Crippen LogP contribution in [-0.2, 0) is 20.7 Å². The molecule has 2 heterocycles. The number of oxazole rings is 1. The van der Waals surface area contributed by atoms with Gasteiger partial charge in [0.1, 0.15) is 5.60 Å². The van der Waals surface area contributed by atoms with Gasteiger partial charge in [0.25, 0.3) is 0 Å². The summed E-state index contributed by atoms with van der Waals surface area (Å²) in [6, 6.07) is 26.1. The number of hydrogen-bond donors (Lipinski definition) is 0. The van der Waals surface area contributed by atoms with Crippen molar-refractivity contribution in [3.63, 3.8) is 0 Å². The lowest BCUT2D eigenvalue weighted by Crippen LogP contribution is -2.49. The Balaban J connectivity index is 1.47. The van der Waals surface area contributed by atoms with Crippen LogP contribution in [0.2, 0.25) is 0 Å². The van der Waals surface area contributed by atoms with Crippen molar-refractivity contribution in [2.24, 2.45) is 17.8 Å². The van der Waals surface area contributed by atoms with Crippen molar-refractivity contribution >= 4 is 23.0 Å². The minimum atomic E-state index is -1.40. The maximum Gasteiger partial charge on any atom is 0.426 e. The molecule has 0 radical (unpaired) electrons. The lowest BCUT2D eigenvalue weighted by atomic mass is 9.88. The zero-order valence-corrected chi connectivity index (χ0v) is 21.5. The topological polar surface area (TPSA) is 87.7 Å². The molecule has 6 rings (SSSR count). The third-order valence-corrected chi connectivity index (χ3v) is 7.47. The van der Waals surface area contributed by atoms with E-state index in [1.165, 1.54) is 0 Å². The normalized spacial score (nSPS) is 26.2. The fourth-order valence-electron chi connectivity index (χ4n) is 5.95. The second kappa shape index (κ2) is 8.81. The van der Waals surface area contributed by atoms with Crippen LogP contribution in [0.1, 0.15) is 42.8 Å². The van der Waals surface area contributed by atoms with E-state index in [1.807, 2.05) is 81.4 Å². The van der Waals surface area contributed by atoms with Gasteiger partial charge in [-0.25, -0.2) is 14.2 Å². The molecule has 7 nitrogen and oxygen atoms in total. The Morgan fingerprint density at radius 3 is 2.24 bits per heavy atom. The van der Waals surface area contributed by atoms with Gasteiger partial charge in [0, 0.05) is 18.3 Å². The number of ether oxygens (including phenoxy) is 2. The Morgan fingerprint density at radius 1 is 0.921 bits per heavy atom. The number of rotatable bonds is 5. The van der Waals surface area contributed by atoms with Crippen LogP contribution in [0, 0.1) is 17.8 Å². The minimum Gasteiger partial charge on any atom is -0.458 e. The van der Waals surface area contributed by atoms with Gasteiger partial charge >= 0.3 is 11.7 Å². The minimum absolute atomic E-state index is 0.248. The number of aromatic nitrogens is 1. The molecule has 194 valence electrons. The van der Waals surface area contributed by atoms with Crippen LogP contribution in [0.3, 0.4) is 0 Å². The number of nitrogens with zero attached hydrogens (tertiary/aromatic N) is 1. The standard InChI is InChI=1S/C31H29NO6/c1-30(2,3)38-28(34)31(18-19-12-6-4-7-13-19)25-23(26(37-31)20-14-8-5-9-15-20)24(25)27(33)32-21-16-10-11-17-22(21)36-29(32)35/h4-17,23-26H,18H2,1-3H3/t23-,24-,25-,26-,31-/m0/s1. The van der Waals surface area contributed by atoms with Crippen molar-refractivity contribution in [3.8, 4) is 0 Å². The summed E-state index contributed by atoms with van der Waals surface area (Å²) in [6.07, 6.45) is -0.266. The van der Waals surface area contributed by atoms with Crippen LogP contribution >= 0.6 is 0 Å². The summed E-state index contributed by atoms with van der Waals surface area (Å²) in [7, 11) is 0. The van der Waals surface area contributed by atoms with Gasteiger partial charge in [0.2, 0.25) is 5.91 Å². The van der Waals surface area contributed by atoms with Crippen molar-refractivity contribution in [3.05, 3.63) is 107 Å². The molecule has 4 aromatic rings. The lowest BCUT2D eigenvalue weighted by molar-refractivity contribution is -0.188. The van der Waals surface area contributed by atoms with Crippen molar-refractivity contribution < 1.29 is 23.5 Å². The molecule has 0 spiro atoms. The Labute approximate surface area is 220 Å². The van der Waals surface area contributed by atoms with Gasteiger partial charge in [-0.2, -0.15) is 0 Å². The summed E-state index contributed by atoms with van der Waals surface area (Å²) in [5.41, 5.74) is 0.376. The fraction of sp³-hybridized carbons (Fsp3) is 0.323. The number of hydrogen-bond acceptors (Lipinski definition) is 6. The molecule has 5 atom stereocenters. The van der Waals surface area contributed by atoms with Gasteiger partial charge in [-0.05, 0) is 44.0 Å². The van der Waals surface area contributed by atoms with Crippen LogP contribution < -0.4 is 5.76 Å². The van der Waals surface area contributed by atoms with E-state index < -0.39 is 40.9 Å². The van der Waals surface area contributed by atoms with Crippen LogP contribution in [-0.4, -0.2) is 27.6 Å². The first-order valence-corrected chi connectivity index (χ1v) is 12.8. The molecule has 3 aromatic carbocycles. The average Bonchev–Trinajstić information content (AvgIpc) is 3.41. The van der Waals surface area contributed by atoms with Crippen LogP contribution in [0.15, 0.2) is 94.1 Å². The number of esters is 1. The van der Waals surface area contributed by atoms with Crippen molar-refractivity contribution in [1.82, 2.24) is 4.57 Å². The summed E-state index contributed by atoms with van der Waals surface area (Å²) in [5, 5.41) is 0. The van der Waals surface area contributed by atoms with Crippen molar-refractivity contribution in [2.45, 2.75) is 44.5 Å². The summed E-state index contributed by atoms with van der Waals surface area (Å²) in [6.45, 7) is 5.44. The number of fused-ring (bicyclic) bond motifs is 2. The quantitative estimate of drug-likeness (QED) is 0.343. The molecular formula is C31H29NO6. The number of benzene rings is 3. The van der Waals surface area contributed by atoms with Gasteiger partial charge in [-0.15, -0.1) is 0 Å². The highest BCUT2D eigenvalue weighted by molar-refractivity contribution is 5.94. The van der Waals surface area contributed by atoms with E-state index >= 15 is 0 Å². The molecular weight excluding hydrogens is 482 g/mol. The average molecular weight is 512 g/mol. The molecule has 0 amide bonds. The highest BCUT2D eigenvalue weighted by Gasteiger charge is 2.76. The van der Waals surface area contributed by atoms with Crippen LogP contribution in [0.25, 0.3) is 11.1 Å². The molecule has 0 unspecified atom stereocenters. The first-order chi connectivity index (χ1) is 18.2. The second-order valence-corrected chi connectivity index (χ2v) is 11.1. The highest BCUT2D eigenvalue weighted by Crippen LogP contribution is 2.68. The van der Waals surface area contributed by atoms with E-state index in [4.69, 9.17) is 13.9 Å². The summed E-state index contributed by atoms with van der Waals surface area (Å²) in [5.74, 6) is -3.02. The van der Waals surface area contributed by atoms with Crippen molar-refractivity contribution in [2.75, 3.05) is 0 Å². The Bertz CT molecular complexity index is 1560. The van der Waals surface area contributed by atoms with E-state index in [1.54, 1.807) is 24.3 Å². The first-order valence-electron chi connectivity index (χ1n) is 12.8. The van der Waals surface area contributed by atoms with E-state index in [-0.39, 0.29) is 18.2 Å². The zero-order valence-electron chi connectivity index (χ0n) is 21.5. The lowest BCUT2D eigenvalue weighted by Gasteiger charge is -2.35. The fourth-order valence-corrected chi connectivity index (χ4v) is 5.95. The van der Waals surface area contributed by atoms with Gasteiger partial charge < -0.3 is 13.9 Å². The predicted octanol–water partition coefficient (Wildman–Crippen LogP) is 5.19. The molecule has 1 aromatic heterocycles. The molecule has 2 fully saturated rings. The predicted molar refractivity (Wildman–Crippen MR) is 141 cm³/mol. The molecule has 1 saturated carbocycles. The molecule has 1 aliphatic carbocycles. The number of carbonyl (C=O) groups excluding carboxylic acids is 2. The van der Waals surface area contributed by atoms with Gasteiger partial charge in [0.15, 0.2) is 11.2 Å². The molecule has 0 N–H and O–H groups in total. The van der Waals surface area contributed by atoms with Gasteiger partial charge in [-0.1, -0.05) is 72.8 Å². The second-order valence-electron chi connectivity index (χ2n) is 11.1. The Hall–Kier alpha value is -3.97. The van der Waals surface area contributed by atoms with E-state index in [2.05, 4.69) is 0 Å². The number of carbonyl (C=O) groups is 2. The first kappa shape index (κ1) is 24.4. The largest absolute Gasteiger partial charge is 0.458 e. The smallest absolute Gasteiger partial charge is 0.426 e. The van der Waals surface area contributed by atoms with Gasteiger partial charge in [-0.3, -0.25) is 4.79 Å². The van der Waals surface area contributed by atoms with E-state index in [0.717, 1.165) is 15.7 Å². The maximum absolute atomic E-state index is 14.0. The third kappa shape index (κ3) is 3.98.